The number of carbonyl (C=O) groups excluding carboxylic acids is 1. The molecule has 1 saturated heterocycles. The van der Waals surface area contributed by atoms with Gasteiger partial charge in [-0.25, -0.2) is 8.42 Å². The molecular formula is C26H29N3O5S. The first kappa shape index (κ1) is 24.6. The monoisotopic (exact) mass is 495 g/mol. The van der Waals surface area contributed by atoms with E-state index in [0.29, 0.717) is 49.8 Å². The summed E-state index contributed by atoms with van der Waals surface area (Å²) in [6.07, 6.45) is 0. The smallest absolute Gasteiger partial charge is 0.255 e. The molecule has 184 valence electrons. The largest absolute Gasteiger partial charge is 0.497 e. The van der Waals surface area contributed by atoms with Crippen LogP contribution < -0.4 is 19.7 Å². The zero-order valence-electron chi connectivity index (χ0n) is 19.8. The summed E-state index contributed by atoms with van der Waals surface area (Å²) in [5, 5.41) is 2.80. The lowest BCUT2D eigenvalue weighted by Crippen LogP contribution is -2.48. The number of benzene rings is 3. The van der Waals surface area contributed by atoms with Gasteiger partial charge in [-0.15, -0.1) is 0 Å². The molecule has 1 aliphatic rings. The van der Waals surface area contributed by atoms with Crippen molar-refractivity contribution >= 4 is 27.3 Å². The summed E-state index contributed by atoms with van der Waals surface area (Å²) in [5.74, 6) is 0.856. The van der Waals surface area contributed by atoms with Gasteiger partial charge in [0.1, 0.15) is 11.5 Å². The first-order valence-electron chi connectivity index (χ1n) is 11.4. The number of methoxy groups -OCH3 is 1. The Balaban J connectivity index is 1.51. The number of nitrogens with zero attached hydrogens (tertiary/aromatic N) is 2. The van der Waals surface area contributed by atoms with E-state index in [1.807, 2.05) is 37.3 Å². The normalized spacial score (nSPS) is 14.4. The molecule has 35 heavy (non-hydrogen) atoms. The second kappa shape index (κ2) is 10.8. The fourth-order valence-corrected chi connectivity index (χ4v) is 5.41. The Morgan fingerprint density at radius 3 is 2.26 bits per heavy atom. The second-order valence-electron chi connectivity index (χ2n) is 8.00. The summed E-state index contributed by atoms with van der Waals surface area (Å²) in [4.78, 5) is 15.0. The van der Waals surface area contributed by atoms with Gasteiger partial charge < -0.3 is 19.7 Å². The van der Waals surface area contributed by atoms with Gasteiger partial charge in [-0.3, -0.25) is 4.79 Å². The lowest BCUT2D eigenvalue weighted by atomic mass is 10.2. The molecule has 0 unspecified atom stereocenters. The van der Waals surface area contributed by atoms with E-state index >= 15 is 0 Å². The predicted octanol–water partition coefficient (Wildman–Crippen LogP) is 3.86. The molecule has 0 aromatic heterocycles. The maximum absolute atomic E-state index is 13.4. The van der Waals surface area contributed by atoms with Gasteiger partial charge in [0.25, 0.3) is 5.91 Å². The highest BCUT2D eigenvalue weighted by Crippen LogP contribution is 2.30. The molecule has 9 heteroatoms. The number of ether oxygens (including phenoxy) is 2. The van der Waals surface area contributed by atoms with Gasteiger partial charge in [0.15, 0.2) is 0 Å². The third kappa shape index (κ3) is 5.58. The van der Waals surface area contributed by atoms with Gasteiger partial charge in [-0.2, -0.15) is 4.31 Å². The predicted molar refractivity (Wildman–Crippen MR) is 136 cm³/mol. The van der Waals surface area contributed by atoms with Crippen LogP contribution in [0.5, 0.6) is 11.5 Å². The topological polar surface area (TPSA) is 88.2 Å². The quantitative estimate of drug-likeness (QED) is 0.511. The van der Waals surface area contributed by atoms with Crippen LogP contribution in [0.3, 0.4) is 0 Å². The molecule has 0 radical (unpaired) electrons. The summed E-state index contributed by atoms with van der Waals surface area (Å²) in [6.45, 7) is 4.06. The standard InChI is InChI=1S/C26H29N3O5S/c1-3-34-25-14-13-23(19-24(25)27-26(30)20-7-5-4-6-8-20)35(31,32)29-17-15-28(16-18-29)21-9-11-22(33-2)12-10-21/h4-14,19H,3,15-18H2,1-2H3,(H,27,30). The van der Waals surface area contributed by atoms with Crippen LogP contribution in [0, 0.1) is 0 Å². The molecule has 1 heterocycles. The molecule has 1 amide bonds. The number of sulfonamides is 1. The van der Waals surface area contributed by atoms with E-state index in [9.17, 15) is 13.2 Å². The molecule has 0 saturated carbocycles. The Bertz CT molecular complexity index is 1260. The number of carbonyl (C=O) groups is 1. The third-order valence-corrected chi connectivity index (χ3v) is 7.74. The highest BCUT2D eigenvalue weighted by atomic mass is 32.2. The number of piperazine rings is 1. The van der Waals surface area contributed by atoms with Crippen molar-refractivity contribution in [3.63, 3.8) is 0 Å². The van der Waals surface area contributed by atoms with E-state index in [1.165, 1.54) is 16.4 Å². The van der Waals surface area contributed by atoms with E-state index < -0.39 is 10.0 Å². The fourth-order valence-electron chi connectivity index (χ4n) is 3.96. The van der Waals surface area contributed by atoms with Crippen LogP contribution in [0.2, 0.25) is 0 Å². The van der Waals surface area contributed by atoms with Crippen molar-refractivity contribution < 1.29 is 22.7 Å². The van der Waals surface area contributed by atoms with Crippen LogP contribution in [0.25, 0.3) is 0 Å². The maximum Gasteiger partial charge on any atom is 0.255 e. The van der Waals surface area contributed by atoms with E-state index in [0.717, 1.165) is 11.4 Å². The Hall–Kier alpha value is -3.56. The molecule has 4 rings (SSSR count). The van der Waals surface area contributed by atoms with Crippen LogP contribution in [0.1, 0.15) is 17.3 Å². The summed E-state index contributed by atoms with van der Waals surface area (Å²) in [6, 6.07) is 21.0. The second-order valence-corrected chi connectivity index (χ2v) is 9.94. The van der Waals surface area contributed by atoms with Crippen molar-refractivity contribution in [2.45, 2.75) is 11.8 Å². The van der Waals surface area contributed by atoms with Gasteiger partial charge in [0, 0.05) is 37.4 Å². The number of anilines is 2. The van der Waals surface area contributed by atoms with Gasteiger partial charge in [0.2, 0.25) is 10.0 Å². The van der Waals surface area contributed by atoms with Crippen LogP contribution >= 0.6 is 0 Å². The van der Waals surface area contributed by atoms with Crippen LogP contribution in [-0.4, -0.2) is 58.5 Å². The zero-order chi connectivity index (χ0) is 24.8. The Kier molecular flexibility index (Phi) is 7.57. The highest BCUT2D eigenvalue weighted by Gasteiger charge is 2.29. The van der Waals surface area contributed by atoms with Crippen molar-refractivity contribution in [2.75, 3.05) is 50.1 Å². The fraction of sp³-hybridized carbons (Fsp3) is 0.269. The molecule has 8 nitrogen and oxygen atoms in total. The summed E-state index contributed by atoms with van der Waals surface area (Å²) < 4.78 is 39.2. The zero-order valence-corrected chi connectivity index (χ0v) is 20.6. The summed E-state index contributed by atoms with van der Waals surface area (Å²) >= 11 is 0. The third-order valence-electron chi connectivity index (χ3n) is 5.85. The average molecular weight is 496 g/mol. The van der Waals surface area contributed by atoms with Crippen LogP contribution in [0.15, 0.2) is 77.7 Å². The van der Waals surface area contributed by atoms with E-state index in [-0.39, 0.29) is 10.8 Å². The van der Waals surface area contributed by atoms with Crippen LogP contribution in [-0.2, 0) is 10.0 Å². The summed E-state index contributed by atoms with van der Waals surface area (Å²) in [5.41, 5.74) is 1.81. The molecule has 1 fully saturated rings. The number of hydrogen-bond acceptors (Lipinski definition) is 6. The Labute approximate surface area is 206 Å². The van der Waals surface area contributed by atoms with Gasteiger partial charge in [-0.1, -0.05) is 18.2 Å². The summed E-state index contributed by atoms with van der Waals surface area (Å²) in [7, 11) is -2.13. The van der Waals surface area contributed by atoms with E-state index in [1.54, 1.807) is 37.4 Å². The molecule has 0 atom stereocenters. The molecular weight excluding hydrogens is 466 g/mol. The minimum absolute atomic E-state index is 0.113. The number of amides is 1. The molecule has 0 bridgehead atoms. The van der Waals surface area contributed by atoms with Crippen molar-refractivity contribution in [3.05, 3.63) is 78.4 Å². The lowest BCUT2D eigenvalue weighted by Gasteiger charge is -2.35. The lowest BCUT2D eigenvalue weighted by molar-refractivity contribution is 0.102. The molecule has 0 spiro atoms. The maximum atomic E-state index is 13.4. The average Bonchev–Trinajstić information content (AvgIpc) is 2.90. The van der Waals surface area contributed by atoms with Crippen molar-refractivity contribution in [1.29, 1.82) is 0 Å². The van der Waals surface area contributed by atoms with Crippen molar-refractivity contribution in [2.24, 2.45) is 0 Å². The van der Waals surface area contributed by atoms with E-state index in [2.05, 4.69) is 10.2 Å². The van der Waals surface area contributed by atoms with E-state index in [4.69, 9.17) is 9.47 Å². The van der Waals surface area contributed by atoms with Gasteiger partial charge >= 0.3 is 0 Å². The number of hydrogen-bond donors (Lipinski definition) is 1. The molecule has 3 aromatic rings. The van der Waals surface area contributed by atoms with Crippen molar-refractivity contribution in [1.82, 2.24) is 4.31 Å². The highest BCUT2D eigenvalue weighted by molar-refractivity contribution is 7.89. The first-order valence-corrected chi connectivity index (χ1v) is 12.9. The van der Waals surface area contributed by atoms with Crippen LogP contribution in [0.4, 0.5) is 11.4 Å². The minimum Gasteiger partial charge on any atom is -0.497 e. The molecule has 1 aliphatic heterocycles. The molecule has 3 aromatic carbocycles. The van der Waals surface area contributed by atoms with Gasteiger partial charge in [0.05, 0.1) is 24.3 Å². The Morgan fingerprint density at radius 2 is 1.63 bits per heavy atom. The molecule has 1 N–H and O–H groups in total. The SMILES string of the molecule is CCOc1ccc(S(=O)(=O)N2CCN(c3ccc(OC)cc3)CC2)cc1NC(=O)c1ccccc1. The first-order chi connectivity index (χ1) is 16.9. The van der Waals surface area contributed by atoms with Crippen molar-refractivity contribution in [3.8, 4) is 11.5 Å². The Morgan fingerprint density at radius 1 is 0.943 bits per heavy atom. The minimum atomic E-state index is -3.75. The molecule has 0 aliphatic carbocycles. The number of nitrogens with one attached hydrogen (secondary N) is 1. The number of rotatable bonds is 8. The van der Waals surface area contributed by atoms with Gasteiger partial charge in [-0.05, 0) is 61.5 Å².